The van der Waals surface area contributed by atoms with E-state index >= 15 is 0 Å². The molecule has 0 aliphatic heterocycles. The van der Waals surface area contributed by atoms with Gasteiger partial charge in [0.15, 0.2) is 0 Å². The van der Waals surface area contributed by atoms with Crippen molar-refractivity contribution in [2.24, 2.45) is 5.73 Å². The minimum absolute atomic E-state index is 0.0329. The van der Waals surface area contributed by atoms with Crippen molar-refractivity contribution in [2.75, 3.05) is 6.54 Å². The Morgan fingerprint density at radius 3 is 1.50 bits per heavy atom. The van der Waals surface area contributed by atoms with Crippen LogP contribution >= 0.6 is 0 Å². The van der Waals surface area contributed by atoms with Crippen LogP contribution < -0.4 is 11.1 Å². The molecule has 1 saturated carbocycles. The van der Waals surface area contributed by atoms with Crippen LogP contribution in [0.1, 0.15) is 129 Å². The van der Waals surface area contributed by atoms with E-state index < -0.39 is 0 Å². The minimum atomic E-state index is -0.0329. The van der Waals surface area contributed by atoms with Crippen LogP contribution in [0.25, 0.3) is 0 Å². The summed E-state index contributed by atoms with van der Waals surface area (Å²) in [6, 6.07) is 0. The maximum Gasteiger partial charge on any atom is 0.0661 e. The van der Waals surface area contributed by atoms with Gasteiger partial charge in [0, 0.05) is 0 Å². The van der Waals surface area contributed by atoms with Crippen molar-refractivity contribution in [3.05, 3.63) is 0 Å². The highest BCUT2D eigenvalue weighted by molar-refractivity contribution is 4.84. The fourth-order valence-corrected chi connectivity index (χ4v) is 4.02. The molecule has 0 aromatic heterocycles. The van der Waals surface area contributed by atoms with E-state index in [1.165, 1.54) is 122 Å². The molecule has 144 valence electrons. The van der Waals surface area contributed by atoms with E-state index in [9.17, 15) is 0 Å². The predicted molar refractivity (Wildman–Crippen MR) is 108 cm³/mol. The lowest BCUT2D eigenvalue weighted by Gasteiger charge is -2.34. The Labute approximate surface area is 152 Å². The predicted octanol–water partition coefficient (Wildman–Crippen LogP) is 6.68. The van der Waals surface area contributed by atoms with Crippen LogP contribution in [0.15, 0.2) is 0 Å². The summed E-state index contributed by atoms with van der Waals surface area (Å²) in [6.45, 7) is 3.41. The van der Waals surface area contributed by atoms with Crippen molar-refractivity contribution in [1.82, 2.24) is 5.32 Å². The van der Waals surface area contributed by atoms with Crippen LogP contribution in [0, 0.1) is 0 Å². The highest BCUT2D eigenvalue weighted by Crippen LogP contribution is 2.23. The first kappa shape index (κ1) is 22.0. The Kier molecular flexibility index (Phi) is 13.9. The fourth-order valence-electron chi connectivity index (χ4n) is 4.02. The molecule has 0 saturated heterocycles. The largest absolute Gasteiger partial charge is 0.313 e. The zero-order valence-electron chi connectivity index (χ0n) is 16.7. The SMILES string of the molecule is CCCCCCCCCCCCCCCCNC1(N)CCCCC1. The summed E-state index contributed by atoms with van der Waals surface area (Å²) in [5.74, 6) is 0. The van der Waals surface area contributed by atoms with Crippen LogP contribution in [0.2, 0.25) is 0 Å². The molecule has 24 heavy (non-hydrogen) atoms. The average molecular weight is 339 g/mol. The fraction of sp³-hybridized carbons (Fsp3) is 1.00. The molecule has 2 nitrogen and oxygen atoms in total. The molecule has 0 heterocycles. The number of hydrogen-bond acceptors (Lipinski definition) is 2. The smallest absolute Gasteiger partial charge is 0.0661 e. The van der Waals surface area contributed by atoms with Gasteiger partial charge in [0.2, 0.25) is 0 Å². The Morgan fingerprint density at radius 1 is 0.625 bits per heavy atom. The van der Waals surface area contributed by atoms with Gasteiger partial charge < -0.3 is 5.73 Å². The van der Waals surface area contributed by atoms with Crippen molar-refractivity contribution in [3.63, 3.8) is 0 Å². The molecular weight excluding hydrogens is 292 g/mol. The van der Waals surface area contributed by atoms with Crippen molar-refractivity contribution >= 4 is 0 Å². The lowest BCUT2D eigenvalue weighted by atomic mass is 9.89. The van der Waals surface area contributed by atoms with Gasteiger partial charge in [-0.25, -0.2) is 0 Å². The van der Waals surface area contributed by atoms with E-state index in [0.29, 0.717) is 0 Å². The summed E-state index contributed by atoms with van der Waals surface area (Å²) in [5, 5.41) is 3.62. The average Bonchev–Trinajstić information content (AvgIpc) is 2.59. The number of unbranched alkanes of at least 4 members (excludes halogenated alkanes) is 13. The minimum Gasteiger partial charge on any atom is -0.313 e. The molecule has 0 spiro atoms. The molecule has 0 unspecified atom stereocenters. The van der Waals surface area contributed by atoms with Gasteiger partial charge in [-0.05, 0) is 25.8 Å². The second-order valence-corrected chi connectivity index (χ2v) is 8.24. The standard InChI is InChI=1S/C22H46N2/c1-2-3-4-5-6-7-8-9-10-11-12-13-14-18-21-24-22(23)19-16-15-17-20-22/h24H,2-21,23H2,1H3. The molecule has 0 aromatic carbocycles. The van der Waals surface area contributed by atoms with E-state index in [0.717, 1.165) is 6.54 Å². The maximum atomic E-state index is 6.40. The highest BCUT2D eigenvalue weighted by atomic mass is 15.1. The summed E-state index contributed by atoms with van der Waals surface area (Å²) >= 11 is 0. The summed E-state index contributed by atoms with van der Waals surface area (Å²) in [5.41, 5.74) is 6.37. The Hall–Kier alpha value is -0.0800. The van der Waals surface area contributed by atoms with Gasteiger partial charge >= 0.3 is 0 Å². The summed E-state index contributed by atoms with van der Waals surface area (Å²) < 4.78 is 0. The van der Waals surface area contributed by atoms with Crippen molar-refractivity contribution in [2.45, 2.75) is 135 Å². The molecule has 1 aliphatic rings. The van der Waals surface area contributed by atoms with Gasteiger partial charge in [0.1, 0.15) is 0 Å². The second kappa shape index (κ2) is 15.2. The first-order valence-electron chi connectivity index (χ1n) is 11.3. The third kappa shape index (κ3) is 12.3. The first-order valence-corrected chi connectivity index (χ1v) is 11.3. The number of hydrogen-bond donors (Lipinski definition) is 2. The van der Waals surface area contributed by atoms with Crippen molar-refractivity contribution in [3.8, 4) is 0 Å². The van der Waals surface area contributed by atoms with E-state index in [2.05, 4.69) is 12.2 Å². The van der Waals surface area contributed by atoms with Crippen LogP contribution in [0.4, 0.5) is 0 Å². The van der Waals surface area contributed by atoms with Gasteiger partial charge in [-0.1, -0.05) is 110 Å². The normalized spacial score (nSPS) is 17.2. The lowest BCUT2D eigenvalue weighted by molar-refractivity contribution is 0.238. The number of nitrogens with one attached hydrogen (secondary N) is 1. The van der Waals surface area contributed by atoms with Gasteiger partial charge in [-0.2, -0.15) is 0 Å². The molecule has 3 N–H and O–H groups in total. The molecule has 1 rings (SSSR count). The Balaban J connectivity index is 1.73. The van der Waals surface area contributed by atoms with Crippen molar-refractivity contribution < 1.29 is 0 Å². The van der Waals surface area contributed by atoms with Gasteiger partial charge in [-0.15, -0.1) is 0 Å². The summed E-state index contributed by atoms with van der Waals surface area (Å²) in [6.07, 6.45) is 26.3. The van der Waals surface area contributed by atoms with E-state index in [1.54, 1.807) is 0 Å². The van der Waals surface area contributed by atoms with Crippen LogP contribution in [0.3, 0.4) is 0 Å². The zero-order chi connectivity index (χ0) is 17.3. The molecule has 0 bridgehead atoms. The maximum absolute atomic E-state index is 6.40. The highest BCUT2D eigenvalue weighted by Gasteiger charge is 2.25. The van der Waals surface area contributed by atoms with Crippen LogP contribution in [0.5, 0.6) is 0 Å². The molecule has 0 aromatic rings. The van der Waals surface area contributed by atoms with E-state index in [4.69, 9.17) is 5.73 Å². The molecule has 1 aliphatic carbocycles. The van der Waals surface area contributed by atoms with Crippen molar-refractivity contribution in [1.29, 1.82) is 0 Å². The third-order valence-corrected chi connectivity index (χ3v) is 5.75. The molecule has 1 fully saturated rings. The number of rotatable bonds is 16. The Morgan fingerprint density at radius 2 is 1.04 bits per heavy atom. The summed E-state index contributed by atoms with van der Waals surface area (Å²) in [7, 11) is 0. The molecule has 0 radical (unpaired) electrons. The molecule has 0 amide bonds. The first-order chi connectivity index (χ1) is 11.8. The van der Waals surface area contributed by atoms with Crippen LogP contribution in [-0.2, 0) is 0 Å². The topological polar surface area (TPSA) is 38.0 Å². The molecule has 2 heteroatoms. The quantitative estimate of drug-likeness (QED) is 0.243. The second-order valence-electron chi connectivity index (χ2n) is 8.24. The third-order valence-electron chi connectivity index (χ3n) is 5.75. The van der Waals surface area contributed by atoms with Gasteiger partial charge in [-0.3, -0.25) is 5.32 Å². The molecular formula is C22H46N2. The van der Waals surface area contributed by atoms with Gasteiger partial charge in [0.05, 0.1) is 5.66 Å². The molecule has 0 atom stereocenters. The van der Waals surface area contributed by atoms with Gasteiger partial charge in [0.25, 0.3) is 0 Å². The van der Waals surface area contributed by atoms with Crippen LogP contribution in [-0.4, -0.2) is 12.2 Å². The monoisotopic (exact) mass is 338 g/mol. The summed E-state index contributed by atoms with van der Waals surface area (Å²) in [4.78, 5) is 0. The number of nitrogens with two attached hydrogens (primary N) is 1. The van der Waals surface area contributed by atoms with E-state index in [-0.39, 0.29) is 5.66 Å². The zero-order valence-corrected chi connectivity index (χ0v) is 16.7. The lowest BCUT2D eigenvalue weighted by Crippen LogP contribution is -2.54. The Bertz CT molecular complexity index is 259. The van der Waals surface area contributed by atoms with E-state index in [1.807, 2.05) is 0 Å².